The smallest absolute Gasteiger partial charge is 0.257 e. The number of hydrogen-bond acceptors (Lipinski definition) is 4. The molecule has 3 aromatic rings. The summed E-state index contributed by atoms with van der Waals surface area (Å²) in [4.78, 5) is 19.4. The lowest BCUT2D eigenvalue weighted by molar-refractivity contribution is 0.0712. The average Bonchev–Trinajstić information content (AvgIpc) is 3.19. The van der Waals surface area contributed by atoms with Gasteiger partial charge in [0.15, 0.2) is 0 Å². The van der Waals surface area contributed by atoms with Crippen LogP contribution in [0.5, 0.6) is 5.75 Å². The fraction of sp³-hybridized carbons (Fsp3) is 0.348. The molecule has 0 saturated carbocycles. The minimum absolute atomic E-state index is 0.0627. The number of carbonyl (C=O) groups excluding carboxylic acids is 1. The van der Waals surface area contributed by atoms with E-state index in [0.29, 0.717) is 11.5 Å². The SMILES string of the molecule is COc1ccc(-c2cc(C)nc(C3CCN(C(=O)c4cnn(C)c4)CC3)c2)cc1. The number of hydrogen-bond donors (Lipinski definition) is 0. The van der Waals surface area contributed by atoms with Crippen molar-refractivity contribution in [2.75, 3.05) is 20.2 Å². The van der Waals surface area contributed by atoms with Gasteiger partial charge in [-0.2, -0.15) is 5.10 Å². The van der Waals surface area contributed by atoms with E-state index in [1.165, 1.54) is 5.56 Å². The molecule has 1 amide bonds. The Morgan fingerprint density at radius 1 is 1.10 bits per heavy atom. The molecule has 0 spiro atoms. The van der Waals surface area contributed by atoms with Gasteiger partial charge in [-0.3, -0.25) is 14.5 Å². The lowest BCUT2D eigenvalue weighted by Crippen LogP contribution is -2.38. The molecule has 0 unspecified atom stereocenters. The monoisotopic (exact) mass is 390 g/mol. The summed E-state index contributed by atoms with van der Waals surface area (Å²) in [5, 5.41) is 4.11. The Kier molecular flexibility index (Phi) is 5.34. The number of aryl methyl sites for hydroxylation is 2. The second-order valence-corrected chi connectivity index (χ2v) is 7.62. The highest BCUT2D eigenvalue weighted by atomic mass is 16.5. The molecule has 1 aliphatic rings. The van der Waals surface area contributed by atoms with E-state index in [4.69, 9.17) is 9.72 Å². The summed E-state index contributed by atoms with van der Waals surface area (Å²) >= 11 is 0. The van der Waals surface area contributed by atoms with Crippen LogP contribution in [0.25, 0.3) is 11.1 Å². The number of methoxy groups -OCH3 is 1. The van der Waals surface area contributed by atoms with Gasteiger partial charge in [-0.25, -0.2) is 0 Å². The van der Waals surface area contributed by atoms with Gasteiger partial charge in [0.1, 0.15) is 5.75 Å². The molecule has 0 N–H and O–H groups in total. The first kappa shape index (κ1) is 19.2. The second-order valence-electron chi connectivity index (χ2n) is 7.62. The first-order valence-corrected chi connectivity index (χ1v) is 9.94. The van der Waals surface area contributed by atoms with Crippen LogP contribution in [0.2, 0.25) is 0 Å². The highest BCUT2D eigenvalue weighted by molar-refractivity contribution is 5.93. The van der Waals surface area contributed by atoms with Gasteiger partial charge < -0.3 is 9.64 Å². The Morgan fingerprint density at radius 2 is 1.83 bits per heavy atom. The van der Waals surface area contributed by atoms with Crippen LogP contribution in [-0.4, -0.2) is 45.8 Å². The van der Waals surface area contributed by atoms with Crippen LogP contribution in [0.3, 0.4) is 0 Å². The van der Waals surface area contributed by atoms with Gasteiger partial charge in [-0.15, -0.1) is 0 Å². The number of nitrogens with zero attached hydrogens (tertiary/aromatic N) is 4. The van der Waals surface area contributed by atoms with Crippen LogP contribution in [0.1, 0.15) is 40.5 Å². The molecular formula is C23H26N4O2. The summed E-state index contributed by atoms with van der Waals surface area (Å²) in [6, 6.07) is 12.4. The summed E-state index contributed by atoms with van der Waals surface area (Å²) < 4.78 is 6.92. The zero-order valence-electron chi connectivity index (χ0n) is 17.1. The maximum Gasteiger partial charge on any atom is 0.257 e. The number of pyridine rings is 1. The number of ether oxygens (including phenoxy) is 1. The van der Waals surface area contributed by atoms with Crippen molar-refractivity contribution in [3.8, 4) is 16.9 Å². The normalized spacial score (nSPS) is 14.8. The topological polar surface area (TPSA) is 60.2 Å². The fourth-order valence-electron chi connectivity index (χ4n) is 3.95. The molecule has 6 nitrogen and oxygen atoms in total. The van der Waals surface area contributed by atoms with Gasteiger partial charge in [-0.05, 0) is 55.2 Å². The molecule has 3 heterocycles. The first-order valence-electron chi connectivity index (χ1n) is 9.94. The number of carbonyl (C=O) groups is 1. The fourth-order valence-corrected chi connectivity index (χ4v) is 3.95. The van der Waals surface area contributed by atoms with Crippen LogP contribution in [0, 0.1) is 6.92 Å². The predicted octanol–water partition coefficient (Wildman–Crippen LogP) is 3.82. The van der Waals surface area contributed by atoms with E-state index in [9.17, 15) is 4.79 Å². The van der Waals surface area contributed by atoms with Crippen molar-refractivity contribution in [1.29, 1.82) is 0 Å². The Balaban J connectivity index is 1.48. The molecule has 0 bridgehead atoms. The molecule has 4 rings (SSSR count). The van der Waals surface area contributed by atoms with Crippen molar-refractivity contribution >= 4 is 5.91 Å². The highest BCUT2D eigenvalue weighted by Crippen LogP contribution is 2.31. The van der Waals surface area contributed by atoms with Gasteiger partial charge in [-0.1, -0.05) is 12.1 Å². The molecule has 0 radical (unpaired) electrons. The number of aromatic nitrogens is 3. The zero-order chi connectivity index (χ0) is 20.4. The summed E-state index contributed by atoms with van der Waals surface area (Å²) in [6.07, 6.45) is 5.25. The molecule has 1 aromatic carbocycles. The summed E-state index contributed by atoms with van der Waals surface area (Å²) in [5.74, 6) is 1.28. The number of rotatable bonds is 4. The van der Waals surface area contributed by atoms with Crippen LogP contribution in [0.15, 0.2) is 48.8 Å². The third kappa shape index (κ3) is 4.16. The standard InChI is InChI=1S/C23H26N4O2/c1-16-12-19(17-4-6-21(29-3)7-5-17)13-22(25-16)18-8-10-27(11-9-18)23(28)20-14-24-26(2)15-20/h4-7,12-15,18H,8-11H2,1-3H3. The molecule has 6 heteroatoms. The van der Waals surface area contributed by atoms with Gasteiger partial charge in [0, 0.05) is 43.6 Å². The van der Waals surface area contributed by atoms with Crippen LogP contribution < -0.4 is 4.74 Å². The number of likely N-dealkylation sites (tertiary alicyclic amines) is 1. The second kappa shape index (κ2) is 8.07. The highest BCUT2D eigenvalue weighted by Gasteiger charge is 2.26. The van der Waals surface area contributed by atoms with Crippen molar-refractivity contribution in [3.05, 3.63) is 65.7 Å². The van der Waals surface area contributed by atoms with Crippen molar-refractivity contribution in [1.82, 2.24) is 19.7 Å². The quantitative estimate of drug-likeness (QED) is 0.680. The summed E-state index contributed by atoms with van der Waals surface area (Å²) in [6.45, 7) is 3.52. The van der Waals surface area contributed by atoms with Gasteiger partial charge in [0.2, 0.25) is 0 Å². The first-order chi connectivity index (χ1) is 14.0. The van der Waals surface area contributed by atoms with E-state index < -0.39 is 0 Å². The third-order valence-electron chi connectivity index (χ3n) is 5.55. The largest absolute Gasteiger partial charge is 0.497 e. The van der Waals surface area contributed by atoms with Gasteiger partial charge in [0.05, 0.1) is 18.9 Å². The zero-order valence-corrected chi connectivity index (χ0v) is 17.1. The van der Waals surface area contributed by atoms with Crippen molar-refractivity contribution < 1.29 is 9.53 Å². The van der Waals surface area contributed by atoms with Crippen LogP contribution in [-0.2, 0) is 7.05 Å². The van der Waals surface area contributed by atoms with Crippen LogP contribution >= 0.6 is 0 Å². The number of benzene rings is 1. The van der Waals surface area contributed by atoms with E-state index in [2.05, 4.69) is 29.4 Å². The molecule has 1 aliphatic heterocycles. The van der Waals surface area contributed by atoms with E-state index in [1.807, 2.05) is 31.0 Å². The third-order valence-corrected chi connectivity index (χ3v) is 5.55. The molecule has 1 saturated heterocycles. The molecule has 2 aromatic heterocycles. The van der Waals surface area contributed by atoms with E-state index in [1.54, 1.807) is 24.2 Å². The molecule has 29 heavy (non-hydrogen) atoms. The lowest BCUT2D eigenvalue weighted by atomic mass is 9.91. The Labute approximate surface area is 171 Å². The minimum atomic E-state index is 0.0627. The lowest BCUT2D eigenvalue weighted by Gasteiger charge is -2.31. The van der Waals surface area contributed by atoms with Crippen molar-refractivity contribution in [3.63, 3.8) is 0 Å². The van der Waals surface area contributed by atoms with Crippen molar-refractivity contribution in [2.45, 2.75) is 25.7 Å². The molecule has 0 aliphatic carbocycles. The Bertz CT molecular complexity index is 1000. The predicted molar refractivity (Wildman–Crippen MR) is 112 cm³/mol. The number of amides is 1. The molecule has 150 valence electrons. The maximum atomic E-state index is 12.6. The van der Waals surface area contributed by atoms with E-state index >= 15 is 0 Å². The molecule has 0 atom stereocenters. The van der Waals surface area contributed by atoms with Gasteiger partial charge in [0.25, 0.3) is 5.91 Å². The van der Waals surface area contributed by atoms with E-state index in [-0.39, 0.29) is 5.91 Å². The Morgan fingerprint density at radius 3 is 2.45 bits per heavy atom. The van der Waals surface area contributed by atoms with Crippen LogP contribution in [0.4, 0.5) is 0 Å². The molecule has 1 fully saturated rings. The minimum Gasteiger partial charge on any atom is -0.497 e. The Hall–Kier alpha value is -3.15. The molecular weight excluding hydrogens is 364 g/mol. The summed E-state index contributed by atoms with van der Waals surface area (Å²) in [7, 11) is 3.50. The average molecular weight is 390 g/mol. The van der Waals surface area contributed by atoms with Crippen molar-refractivity contribution in [2.24, 2.45) is 7.05 Å². The van der Waals surface area contributed by atoms with E-state index in [0.717, 1.165) is 48.6 Å². The summed E-state index contributed by atoms with van der Waals surface area (Å²) in [5.41, 5.74) is 5.11. The number of piperidine rings is 1. The van der Waals surface area contributed by atoms with Gasteiger partial charge >= 0.3 is 0 Å². The maximum absolute atomic E-state index is 12.6.